The molecule has 16 heavy (non-hydrogen) atoms. The molecule has 1 aromatic heterocycles. The lowest BCUT2D eigenvalue weighted by atomic mass is 10.0. The average molecular weight is 219 g/mol. The lowest BCUT2D eigenvalue weighted by Gasteiger charge is -2.26. The maximum atomic E-state index is 11.9. The lowest BCUT2D eigenvalue weighted by molar-refractivity contribution is 0.356. The third-order valence-electron chi connectivity index (χ3n) is 3.29. The molecule has 2 heterocycles. The minimum absolute atomic E-state index is 0.0163. The van der Waals surface area contributed by atoms with Crippen molar-refractivity contribution in [1.82, 2.24) is 13.9 Å². The fourth-order valence-corrected chi connectivity index (χ4v) is 2.42. The summed E-state index contributed by atoms with van der Waals surface area (Å²) in [4.78, 5) is 23.9. The van der Waals surface area contributed by atoms with Crippen molar-refractivity contribution in [3.05, 3.63) is 45.3 Å². The van der Waals surface area contributed by atoms with E-state index in [-0.39, 0.29) is 23.5 Å². The van der Waals surface area contributed by atoms with Gasteiger partial charge in [-0.2, -0.15) is 0 Å². The summed E-state index contributed by atoms with van der Waals surface area (Å²) >= 11 is 0. The molecule has 0 spiro atoms. The van der Waals surface area contributed by atoms with E-state index in [1.807, 2.05) is 18.2 Å². The molecule has 3 rings (SSSR count). The van der Waals surface area contributed by atoms with Crippen molar-refractivity contribution in [2.45, 2.75) is 24.9 Å². The quantitative estimate of drug-likeness (QED) is 0.591. The van der Waals surface area contributed by atoms with Gasteiger partial charge >= 0.3 is 11.4 Å². The highest BCUT2D eigenvalue weighted by molar-refractivity contribution is 5.13. The Morgan fingerprint density at radius 2 is 1.88 bits per heavy atom. The van der Waals surface area contributed by atoms with E-state index in [4.69, 9.17) is 0 Å². The zero-order valence-electron chi connectivity index (χ0n) is 9.04. The van der Waals surface area contributed by atoms with E-state index in [0.29, 0.717) is 0 Å². The Morgan fingerprint density at radius 3 is 2.69 bits per heavy atom. The third-order valence-corrected chi connectivity index (χ3v) is 3.29. The molecule has 0 unspecified atom stereocenters. The molecular weight excluding hydrogens is 206 g/mol. The second kappa shape index (κ2) is 3.10. The highest BCUT2D eigenvalue weighted by Gasteiger charge is 2.27. The summed E-state index contributed by atoms with van der Waals surface area (Å²) in [7, 11) is 1.53. The molecule has 0 saturated heterocycles. The molecule has 2 bridgehead atoms. The smallest absolute Gasteiger partial charge is 0.246 e. The summed E-state index contributed by atoms with van der Waals surface area (Å²) in [5.74, 6) is 0. The van der Waals surface area contributed by atoms with Gasteiger partial charge in [0.25, 0.3) is 0 Å². The van der Waals surface area contributed by atoms with E-state index in [1.165, 1.54) is 11.6 Å². The highest BCUT2D eigenvalue weighted by Crippen LogP contribution is 2.25. The number of hydrogen-bond acceptors (Lipinski definition) is 2. The minimum atomic E-state index is -0.240. The van der Waals surface area contributed by atoms with Crippen LogP contribution in [0.1, 0.15) is 24.9 Å². The summed E-state index contributed by atoms with van der Waals surface area (Å²) in [6.45, 7) is 0. The molecule has 0 saturated carbocycles. The van der Waals surface area contributed by atoms with Crippen molar-refractivity contribution >= 4 is 0 Å². The van der Waals surface area contributed by atoms with Crippen molar-refractivity contribution in [2.75, 3.05) is 0 Å². The van der Waals surface area contributed by atoms with Crippen LogP contribution in [0.5, 0.6) is 0 Å². The first kappa shape index (κ1) is 9.45. The molecule has 0 N–H and O–H groups in total. The Bertz CT molecular complexity index is 600. The van der Waals surface area contributed by atoms with Gasteiger partial charge in [0.2, 0.25) is 0 Å². The number of allylic oxidation sites excluding steroid dienone is 4. The van der Waals surface area contributed by atoms with E-state index in [2.05, 4.69) is 6.08 Å². The summed E-state index contributed by atoms with van der Waals surface area (Å²) in [6, 6.07) is -0.0967. The van der Waals surface area contributed by atoms with Gasteiger partial charge in [-0.25, -0.2) is 23.5 Å². The van der Waals surface area contributed by atoms with Crippen LogP contribution in [0.25, 0.3) is 0 Å². The average Bonchev–Trinajstić information content (AvgIpc) is 2.45. The number of aromatic nitrogens is 3. The Kier molecular flexibility index (Phi) is 1.83. The van der Waals surface area contributed by atoms with Crippen LogP contribution in [0.4, 0.5) is 0 Å². The monoisotopic (exact) mass is 219 g/mol. The molecular formula is C11H13N3O2. The highest BCUT2D eigenvalue weighted by atomic mass is 16.2. The molecule has 2 aliphatic rings. The van der Waals surface area contributed by atoms with Crippen LogP contribution < -0.4 is 11.4 Å². The zero-order valence-corrected chi connectivity index (χ0v) is 9.04. The number of nitrogens with zero attached hydrogens (tertiary/aromatic N) is 3. The Labute approximate surface area is 91.9 Å². The number of fused-ring (bicyclic) bond motifs is 5. The fraction of sp³-hybridized carbons (Fsp3) is 0.455. The fourth-order valence-electron chi connectivity index (χ4n) is 2.42. The normalized spacial score (nSPS) is 26.6. The van der Waals surface area contributed by atoms with Crippen LogP contribution in [0, 0.1) is 0 Å². The van der Waals surface area contributed by atoms with Crippen LogP contribution >= 0.6 is 0 Å². The predicted octanol–water partition coefficient (Wildman–Crippen LogP) is 0.350. The molecule has 1 aromatic rings. The third kappa shape index (κ3) is 1.05. The van der Waals surface area contributed by atoms with Gasteiger partial charge in [0.05, 0.1) is 12.1 Å². The van der Waals surface area contributed by atoms with Gasteiger partial charge in [0.1, 0.15) is 0 Å². The van der Waals surface area contributed by atoms with Gasteiger partial charge in [-0.1, -0.05) is 24.3 Å². The van der Waals surface area contributed by atoms with Crippen LogP contribution in [0.15, 0.2) is 33.9 Å². The second-order valence-corrected chi connectivity index (χ2v) is 4.26. The molecule has 0 radical (unpaired) electrons. The van der Waals surface area contributed by atoms with Gasteiger partial charge in [-0.15, -0.1) is 0 Å². The molecule has 1 aliphatic heterocycles. The first-order chi connectivity index (χ1) is 7.70. The summed E-state index contributed by atoms with van der Waals surface area (Å²) < 4.78 is 4.30. The van der Waals surface area contributed by atoms with Crippen molar-refractivity contribution < 1.29 is 0 Å². The van der Waals surface area contributed by atoms with E-state index >= 15 is 0 Å². The topological polar surface area (TPSA) is 48.9 Å². The molecule has 84 valence electrons. The Morgan fingerprint density at radius 1 is 1.12 bits per heavy atom. The van der Waals surface area contributed by atoms with Crippen LogP contribution in [-0.2, 0) is 7.05 Å². The summed E-state index contributed by atoms with van der Waals surface area (Å²) in [5, 5.41) is 0. The number of hydrogen-bond donors (Lipinski definition) is 0. The molecule has 1 aliphatic carbocycles. The molecule has 2 atom stereocenters. The van der Waals surface area contributed by atoms with Crippen molar-refractivity contribution in [2.24, 2.45) is 7.05 Å². The first-order valence-corrected chi connectivity index (χ1v) is 5.45. The van der Waals surface area contributed by atoms with Crippen LogP contribution in [-0.4, -0.2) is 13.9 Å². The maximum Gasteiger partial charge on any atom is 0.347 e. The van der Waals surface area contributed by atoms with Crippen LogP contribution in [0.2, 0.25) is 0 Å². The van der Waals surface area contributed by atoms with Crippen LogP contribution in [0.3, 0.4) is 0 Å². The molecule has 0 amide bonds. The maximum absolute atomic E-state index is 11.9. The van der Waals surface area contributed by atoms with E-state index in [1.54, 1.807) is 9.36 Å². The molecule has 5 heteroatoms. The van der Waals surface area contributed by atoms with Crippen molar-refractivity contribution in [1.29, 1.82) is 0 Å². The summed E-state index contributed by atoms with van der Waals surface area (Å²) in [5.41, 5.74) is -0.462. The standard InChI is InChI=1S/C11H13N3O2/c1-12-10(15)13-8-4-2-3-5-9(7-6-8)14(13)11(12)16/h2,4,6-9H,3,5H2,1H3/t8-,9+/m1/s1. The second-order valence-electron chi connectivity index (χ2n) is 4.26. The van der Waals surface area contributed by atoms with Gasteiger partial charge in [-0.05, 0) is 12.8 Å². The lowest BCUT2D eigenvalue weighted by Crippen LogP contribution is -2.35. The van der Waals surface area contributed by atoms with Gasteiger partial charge in [-0.3, -0.25) is 0 Å². The van der Waals surface area contributed by atoms with Gasteiger partial charge in [0, 0.05) is 7.05 Å². The van der Waals surface area contributed by atoms with E-state index in [0.717, 1.165) is 12.8 Å². The van der Waals surface area contributed by atoms with Crippen molar-refractivity contribution in [3.63, 3.8) is 0 Å². The van der Waals surface area contributed by atoms with Gasteiger partial charge in [0.15, 0.2) is 0 Å². The molecule has 0 fully saturated rings. The van der Waals surface area contributed by atoms with Crippen molar-refractivity contribution in [3.8, 4) is 0 Å². The predicted molar refractivity (Wildman–Crippen MR) is 59.5 cm³/mol. The first-order valence-electron chi connectivity index (χ1n) is 5.45. The molecule has 0 aromatic carbocycles. The number of rotatable bonds is 0. The summed E-state index contributed by atoms with van der Waals surface area (Å²) in [6.07, 6.45) is 9.87. The zero-order chi connectivity index (χ0) is 11.3. The molecule has 5 nitrogen and oxygen atoms in total. The van der Waals surface area contributed by atoms with Gasteiger partial charge < -0.3 is 0 Å². The SMILES string of the molecule is Cn1c(=O)n2n(c1=O)[C@@H]1C=C[C@H]2C=CCC1. The Hall–Kier alpha value is -1.78. The van der Waals surface area contributed by atoms with E-state index in [9.17, 15) is 9.59 Å². The minimum Gasteiger partial charge on any atom is -0.246 e. The van der Waals surface area contributed by atoms with E-state index < -0.39 is 0 Å². The largest absolute Gasteiger partial charge is 0.347 e. The Balaban J connectivity index is 2.38.